The number of carbonyl (C=O) groups is 1. The Morgan fingerprint density at radius 1 is 1.22 bits per heavy atom. The lowest BCUT2D eigenvalue weighted by Gasteiger charge is -2.13. The van der Waals surface area contributed by atoms with Crippen LogP contribution in [0.3, 0.4) is 0 Å². The molecule has 1 unspecified atom stereocenters. The van der Waals surface area contributed by atoms with Gasteiger partial charge in [-0.15, -0.1) is 22.7 Å². The van der Waals surface area contributed by atoms with Gasteiger partial charge < -0.3 is 5.32 Å². The van der Waals surface area contributed by atoms with E-state index in [1.165, 1.54) is 11.3 Å². The Morgan fingerprint density at radius 2 is 2.11 bits per heavy atom. The number of carbonyl (C=O) groups excluding carboxylic acids is 1. The van der Waals surface area contributed by atoms with Crippen LogP contribution in [0.4, 0.5) is 0 Å². The lowest BCUT2D eigenvalue weighted by atomic mass is 10.1. The van der Waals surface area contributed by atoms with Crippen molar-refractivity contribution in [2.75, 3.05) is 0 Å². The normalized spacial score (nSPS) is 12.1. The molecule has 0 aliphatic rings. The van der Waals surface area contributed by atoms with Crippen molar-refractivity contribution >= 4 is 28.6 Å². The molecule has 4 aromatic heterocycles. The van der Waals surface area contributed by atoms with Crippen LogP contribution in [-0.4, -0.2) is 25.7 Å². The van der Waals surface area contributed by atoms with Gasteiger partial charge in [0.15, 0.2) is 5.82 Å². The molecular formula is C19H17N5OS2. The Morgan fingerprint density at radius 3 is 2.85 bits per heavy atom. The fourth-order valence-corrected chi connectivity index (χ4v) is 4.41. The maximum atomic E-state index is 12.6. The number of thiophene rings is 1. The second kappa shape index (κ2) is 7.42. The zero-order valence-corrected chi connectivity index (χ0v) is 16.4. The molecule has 1 amide bonds. The SMILES string of the molecule is Cc1c(C(C)NC(=O)c2csc(-c3cccs3)n2)cnn1-c1ccccn1. The standard InChI is InChI=1S/C19H17N5OS2/c1-12(14-10-21-24(13(14)2)17-7-3-4-8-20-17)22-18(25)15-11-27-19(23-15)16-6-5-9-26-16/h3-12H,1-2H3,(H,22,25). The Kier molecular flexibility index (Phi) is 4.83. The second-order valence-corrected chi connectivity index (χ2v) is 7.80. The van der Waals surface area contributed by atoms with Crippen LogP contribution in [0.25, 0.3) is 15.7 Å². The van der Waals surface area contributed by atoms with Crippen molar-refractivity contribution in [3.05, 3.63) is 70.4 Å². The highest BCUT2D eigenvalue weighted by Crippen LogP contribution is 2.28. The third-order valence-electron chi connectivity index (χ3n) is 4.20. The largest absolute Gasteiger partial charge is 0.344 e. The fourth-order valence-electron chi connectivity index (χ4n) is 2.80. The van der Waals surface area contributed by atoms with Crippen molar-refractivity contribution in [3.8, 4) is 15.7 Å². The Bertz CT molecular complexity index is 1050. The maximum Gasteiger partial charge on any atom is 0.271 e. The number of amides is 1. The lowest BCUT2D eigenvalue weighted by molar-refractivity contribution is 0.0935. The molecule has 0 aliphatic carbocycles. The minimum atomic E-state index is -0.193. The number of rotatable bonds is 5. The summed E-state index contributed by atoms with van der Waals surface area (Å²) in [7, 11) is 0. The number of nitrogens with zero attached hydrogens (tertiary/aromatic N) is 4. The maximum absolute atomic E-state index is 12.6. The fraction of sp³-hybridized carbons (Fsp3) is 0.158. The van der Waals surface area contributed by atoms with Crippen LogP contribution in [0.1, 0.15) is 34.7 Å². The molecule has 0 saturated heterocycles. The molecule has 0 aliphatic heterocycles. The first-order chi connectivity index (χ1) is 13.1. The van der Waals surface area contributed by atoms with Gasteiger partial charge in [0, 0.05) is 22.8 Å². The van der Waals surface area contributed by atoms with Crippen molar-refractivity contribution in [3.63, 3.8) is 0 Å². The van der Waals surface area contributed by atoms with Crippen LogP contribution in [-0.2, 0) is 0 Å². The van der Waals surface area contributed by atoms with E-state index in [0.717, 1.165) is 27.0 Å². The molecule has 6 nitrogen and oxygen atoms in total. The zero-order chi connectivity index (χ0) is 18.8. The molecule has 1 atom stereocenters. The average molecular weight is 396 g/mol. The van der Waals surface area contributed by atoms with Gasteiger partial charge in [0.2, 0.25) is 0 Å². The molecule has 0 fully saturated rings. The van der Waals surface area contributed by atoms with Crippen molar-refractivity contribution < 1.29 is 4.79 Å². The molecule has 27 heavy (non-hydrogen) atoms. The molecule has 136 valence electrons. The van der Waals surface area contributed by atoms with Gasteiger partial charge in [0.1, 0.15) is 10.7 Å². The average Bonchev–Trinajstić information content (AvgIpc) is 3.42. The summed E-state index contributed by atoms with van der Waals surface area (Å²) in [6.45, 7) is 3.91. The summed E-state index contributed by atoms with van der Waals surface area (Å²) in [5, 5.41) is 12.1. The molecule has 8 heteroatoms. The van der Waals surface area contributed by atoms with Crippen molar-refractivity contribution in [1.82, 2.24) is 25.1 Å². The summed E-state index contributed by atoms with van der Waals surface area (Å²) in [4.78, 5) is 22.4. The summed E-state index contributed by atoms with van der Waals surface area (Å²) in [6, 6.07) is 9.47. The molecule has 4 rings (SSSR count). The van der Waals surface area contributed by atoms with Gasteiger partial charge in [0.25, 0.3) is 5.91 Å². The van der Waals surface area contributed by atoms with Crippen LogP contribution in [0, 0.1) is 6.92 Å². The minimum Gasteiger partial charge on any atom is -0.344 e. The molecule has 0 spiro atoms. The van der Waals surface area contributed by atoms with Gasteiger partial charge >= 0.3 is 0 Å². The number of hydrogen-bond acceptors (Lipinski definition) is 6. The van der Waals surface area contributed by atoms with Gasteiger partial charge in [-0.05, 0) is 37.4 Å². The number of nitrogens with one attached hydrogen (secondary N) is 1. The monoisotopic (exact) mass is 395 g/mol. The summed E-state index contributed by atoms with van der Waals surface area (Å²) >= 11 is 3.09. The van der Waals surface area contributed by atoms with Gasteiger partial charge in [-0.25, -0.2) is 14.6 Å². The van der Waals surface area contributed by atoms with E-state index in [0.29, 0.717) is 5.69 Å². The first kappa shape index (κ1) is 17.6. The quantitative estimate of drug-likeness (QED) is 0.548. The third kappa shape index (κ3) is 3.54. The molecule has 0 aromatic carbocycles. The zero-order valence-electron chi connectivity index (χ0n) is 14.8. The number of hydrogen-bond donors (Lipinski definition) is 1. The molecule has 4 aromatic rings. The van der Waals surface area contributed by atoms with Gasteiger partial charge in [-0.2, -0.15) is 5.10 Å². The van der Waals surface area contributed by atoms with Crippen LogP contribution in [0.2, 0.25) is 0 Å². The number of aromatic nitrogens is 4. The summed E-state index contributed by atoms with van der Waals surface area (Å²) in [6.07, 6.45) is 3.50. The summed E-state index contributed by atoms with van der Waals surface area (Å²) < 4.78 is 1.77. The predicted octanol–water partition coefficient (Wildman–Crippen LogP) is 4.25. The van der Waals surface area contributed by atoms with E-state index in [9.17, 15) is 4.79 Å². The smallest absolute Gasteiger partial charge is 0.271 e. The predicted molar refractivity (Wildman–Crippen MR) is 107 cm³/mol. The van der Waals surface area contributed by atoms with E-state index in [-0.39, 0.29) is 11.9 Å². The van der Waals surface area contributed by atoms with E-state index in [4.69, 9.17) is 0 Å². The van der Waals surface area contributed by atoms with E-state index in [2.05, 4.69) is 20.4 Å². The summed E-state index contributed by atoms with van der Waals surface area (Å²) in [5.74, 6) is 0.561. The second-order valence-electron chi connectivity index (χ2n) is 6.00. The van der Waals surface area contributed by atoms with Crippen LogP contribution in [0.5, 0.6) is 0 Å². The van der Waals surface area contributed by atoms with Gasteiger partial charge in [-0.3, -0.25) is 4.79 Å². The van der Waals surface area contributed by atoms with Gasteiger partial charge in [-0.1, -0.05) is 12.1 Å². The highest BCUT2D eigenvalue weighted by molar-refractivity contribution is 7.20. The molecular weight excluding hydrogens is 378 g/mol. The molecule has 0 bridgehead atoms. The van der Waals surface area contributed by atoms with Crippen LogP contribution < -0.4 is 5.32 Å². The Balaban J connectivity index is 1.50. The van der Waals surface area contributed by atoms with E-state index < -0.39 is 0 Å². The summed E-state index contributed by atoms with van der Waals surface area (Å²) in [5.41, 5.74) is 2.33. The first-order valence-electron chi connectivity index (χ1n) is 8.39. The van der Waals surface area contributed by atoms with E-state index in [1.807, 2.05) is 49.6 Å². The topological polar surface area (TPSA) is 72.7 Å². The van der Waals surface area contributed by atoms with Crippen molar-refractivity contribution in [2.24, 2.45) is 0 Å². The van der Waals surface area contributed by atoms with Crippen LogP contribution in [0.15, 0.2) is 53.5 Å². The Labute approximate surface area is 164 Å². The number of pyridine rings is 1. The van der Waals surface area contributed by atoms with Crippen molar-refractivity contribution in [1.29, 1.82) is 0 Å². The minimum absolute atomic E-state index is 0.188. The lowest BCUT2D eigenvalue weighted by Crippen LogP contribution is -2.27. The Hall–Kier alpha value is -2.84. The molecule has 0 saturated carbocycles. The van der Waals surface area contributed by atoms with E-state index in [1.54, 1.807) is 33.8 Å². The highest BCUT2D eigenvalue weighted by Gasteiger charge is 2.19. The van der Waals surface area contributed by atoms with Crippen LogP contribution >= 0.6 is 22.7 Å². The van der Waals surface area contributed by atoms with Gasteiger partial charge in [0.05, 0.1) is 17.1 Å². The highest BCUT2D eigenvalue weighted by atomic mass is 32.1. The molecule has 0 radical (unpaired) electrons. The number of thiazole rings is 1. The van der Waals surface area contributed by atoms with Crippen molar-refractivity contribution in [2.45, 2.75) is 19.9 Å². The molecule has 4 heterocycles. The first-order valence-corrected chi connectivity index (χ1v) is 10.2. The third-order valence-corrected chi connectivity index (χ3v) is 6.08. The molecule has 1 N–H and O–H groups in total. The van der Waals surface area contributed by atoms with E-state index >= 15 is 0 Å².